The molecule has 2 rings (SSSR count). The summed E-state index contributed by atoms with van der Waals surface area (Å²) < 4.78 is 0. The van der Waals surface area contributed by atoms with E-state index >= 15 is 0 Å². The Morgan fingerprint density at radius 3 is 3.00 bits per heavy atom. The standard InChI is InChI=1S/C14H22N2OS/c1-11(17)12-5-7-15-14(10-12)16-8-3-4-13(18-2)6-9-16/h5,7,10-11,13,17H,3-4,6,8-9H2,1-2H3. The normalized spacial score (nSPS) is 22.6. The Morgan fingerprint density at radius 2 is 2.28 bits per heavy atom. The van der Waals surface area contributed by atoms with Gasteiger partial charge in [-0.15, -0.1) is 0 Å². The van der Waals surface area contributed by atoms with Crippen molar-refractivity contribution in [2.45, 2.75) is 37.5 Å². The van der Waals surface area contributed by atoms with E-state index in [-0.39, 0.29) is 0 Å². The zero-order chi connectivity index (χ0) is 13.0. The lowest BCUT2D eigenvalue weighted by Gasteiger charge is -2.22. The fraction of sp³-hybridized carbons (Fsp3) is 0.643. The first-order valence-electron chi connectivity index (χ1n) is 6.62. The number of rotatable bonds is 3. The van der Waals surface area contributed by atoms with E-state index in [0.29, 0.717) is 0 Å². The van der Waals surface area contributed by atoms with Gasteiger partial charge in [0.2, 0.25) is 0 Å². The van der Waals surface area contributed by atoms with Gasteiger partial charge in [0.05, 0.1) is 6.10 Å². The van der Waals surface area contributed by atoms with Gasteiger partial charge in [-0.3, -0.25) is 0 Å². The van der Waals surface area contributed by atoms with Crippen molar-refractivity contribution in [2.75, 3.05) is 24.2 Å². The maximum atomic E-state index is 9.63. The first-order chi connectivity index (χ1) is 8.70. The molecule has 100 valence electrons. The second-order valence-electron chi connectivity index (χ2n) is 4.90. The van der Waals surface area contributed by atoms with Crippen molar-refractivity contribution in [1.29, 1.82) is 0 Å². The summed E-state index contributed by atoms with van der Waals surface area (Å²) in [6.07, 6.45) is 7.33. The van der Waals surface area contributed by atoms with Crippen LogP contribution in [0.3, 0.4) is 0 Å². The highest BCUT2D eigenvalue weighted by Gasteiger charge is 2.17. The van der Waals surface area contributed by atoms with Crippen LogP contribution in [0.25, 0.3) is 0 Å². The van der Waals surface area contributed by atoms with Gasteiger partial charge < -0.3 is 10.0 Å². The molecule has 0 radical (unpaired) electrons. The van der Waals surface area contributed by atoms with Crippen LogP contribution in [-0.4, -0.2) is 34.7 Å². The minimum atomic E-state index is -0.419. The number of hydrogen-bond acceptors (Lipinski definition) is 4. The average Bonchev–Trinajstić information content (AvgIpc) is 2.64. The molecule has 2 unspecified atom stereocenters. The second-order valence-corrected chi connectivity index (χ2v) is 6.04. The van der Waals surface area contributed by atoms with Crippen LogP contribution in [-0.2, 0) is 0 Å². The van der Waals surface area contributed by atoms with E-state index in [4.69, 9.17) is 0 Å². The number of hydrogen-bond donors (Lipinski definition) is 1. The van der Waals surface area contributed by atoms with E-state index in [1.165, 1.54) is 19.3 Å². The lowest BCUT2D eigenvalue weighted by molar-refractivity contribution is 0.199. The van der Waals surface area contributed by atoms with Crippen molar-refractivity contribution >= 4 is 17.6 Å². The maximum absolute atomic E-state index is 9.63. The zero-order valence-corrected chi connectivity index (χ0v) is 12.0. The van der Waals surface area contributed by atoms with Gasteiger partial charge in [0.1, 0.15) is 5.82 Å². The highest BCUT2D eigenvalue weighted by Crippen LogP contribution is 2.25. The van der Waals surface area contributed by atoms with E-state index in [1.54, 1.807) is 13.1 Å². The molecule has 1 aromatic heterocycles. The predicted octanol–water partition coefficient (Wildman–Crippen LogP) is 2.86. The summed E-state index contributed by atoms with van der Waals surface area (Å²) >= 11 is 1.98. The molecular formula is C14H22N2OS. The average molecular weight is 266 g/mol. The van der Waals surface area contributed by atoms with E-state index in [0.717, 1.165) is 29.7 Å². The molecule has 0 aliphatic carbocycles. The zero-order valence-electron chi connectivity index (χ0n) is 11.2. The largest absolute Gasteiger partial charge is 0.389 e. The second kappa shape index (κ2) is 6.43. The molecule has 0 bridgehead atoms. The van der Waals surface area contributed by atoms with Crippen molar-refractivity contribution in [3.63, 3.8) is 0 Å². The highest BCUT2D eigenvalue weighted by atomic mass is 32.2. The van der Waals surface area contributed by atoms with Crippen molar-refractivity contribution < 1.29 is 5.11 Å². The van der Waals surface area contributed by atoms with Gasteiger partial charge in [-0.25, -0.2) is 4.98 Å². The van der Waals surface area contributed by atoms with Crippen LogP contribution in [0.1, 0.15) is 37.9 Å². The van der Waals surface area contributed by atoms with Gasteiger partial charge in [-0.1, -0.05) is 0 Å². The van der Waals surface area contributed by atoms with Gasteiger partial charge in [-0.2, -0.15) is 11.8 Å². The number of thioether (sulfide) groups is 1. The number of pyridine rings is 1. The molecule has 1 fully saturated rings. The van der Waals surface area contributed by atoms with Crippen LogP contribution < -0.4 is 4.90 Å². The SMILES string of the molecule is CSC1CCCN(c2cc(C(C)O)ccn2)CC1. The maximum Gasteiger partial charge on any atom is 0.128 e. The summed E-state index contributed by atoms with van der Waals surface area (Å²) in [7, 11) is 0. The Kier molecular flexibility index (Phi) is 4.89. The van der Waals surface area contributed by atoms with Crippen molar-refractivity contribution in [3.8, 4) is 0 Å². The van der Waals surface area contributed by atoms with E-state index in [1.807, 2.05) is 23.9 Å². The first-order valence-corrected chi connectivity index (χ1v) is 7.91. The van der Waals surface area contributed by atoms with Crippen molar-refractivity contribution in [3.05, 3.63) is 23.9 Å². The third-order valence-electron chi connectivity index (χ3n) is 3.58. The van der Waals surface area contributed by atoms with Crippen molar-refractivity contribution in [1.82, 2.24) is 4.98 Å². The summed E-state index contributed by atoms with van der Waals surface area (Å²) in [4.78, 5) is 6.80. The van der Waals surface area contributed by atoms with E-state index in [2.05, 4.69) is 16.1 Å². The van der Waals surface area contributed by atoms with Crippen LogP contribution >= 0.6 is 11.8 Å². The predicted molar refractivity (Wildman–Crippen MR) is 78.2 cm³/mol. The number of aromatic nitrogens is 1. The summed E-state index contributed by atoms with van der Waals surface area (Å²) in [6.45, 7) is 3.94. The molecular weight excluding hydrogens is 244 g/mol. The molecule has 1 aliphatic rings. The third-order valence-corrected chi connectivity index (χ3v) is 4.72. The molecule has 1 aromatic rings. The van der Waals surface area contributed by atoms with Crippen LogP contribution in [0, 0.1) is 0 Å². The van der Waals surface area contributed by atoms with Gasteiger partial charge >= 0.3 is 0 Å². The van der Waals surface area contributed by atoms with E-state index in [9.17, 15) is 5.11 Å². The summed E-state index contributed by atoms with van der Waals surface area (Å²) in [6, 6.07) is 3.90. The summed E-state index contributed by atoms with van der Waals surface area (Å²) in [5, 5.41) is 10.4. The quantitative estimate of drug-likeness (QED) is 0.912. The third kappa shape index (κ3) is 3.39. The summed E-state index contributed by atoms with van der Waals surface area (Å²) in [5.74, 6) is 1.01. The number of nitrogens with zero attached hydrogens (tertiary/aromatic N) is 2. The highest BCUT2D eigenvalue weighted by molar-refractivity contribution is 7.99. The Balaban J connectivity index is 2.08. The van der Waals surface area contributed by atoms with E-state index < -0.39 is 6.10 Å². The molecule has 18 heavy (non-hydrogen) atoms. The van der Waals surface area contributed by atoms with Crippen LogP contribution in [0.4, 0.5) is 5.82 Å². The van der Waals surface area contributed by atoms with Gasteiger partial charge in [0, 0.05) is 24.5 Å². The van der Waals surface area contributed by atoms with Gasteiger partial charge in [0.25, 0.3) is 0 Å². The topological polar surface area (TPSA) is 36.4 Å². The Bertz CT molecular complexity index is 384. The number of anilines is 1. The van der Waals surface area contributed by atoms with Gasteiger partial charge in [0.15, 0.2) is 0 Å². The molecule has 3 nitrogen and oxygen atoms in total. The molecule has 2 atom stereocenters. The fourth-order valence-corrected chi connectivity index (χ4v) is 3.14. The lowest BCUT2D eigenvalue weighted by Crippen LogP contribution is -2.25. The molecule has 0 aromatic carbocycles. The van der Waals surface area contributed by atoms with Crippen LogP contribution in [0.5, 0.6) is 0 Å². The number of aliphatic hydroxyl groups is 1. The molecule has 2 heterocycles. The van der Waals surface area contributed by atoms with Gasteiger partial charge in [-0.05, 0) is 50.1 Å². The molecule has 1 saturated heterocycles. The minimum Gasteiger partial charge on any atom is -0.389 e. The molecule has 0 amide bonds. The molecule has 1 N–H and O–H groups in total. The number of aliphatic hydroxyl groups excluding tert-OH is 1. The smallest absolute Gasteiger partial charge is 0.128 e. The molecule has 0 spiro atoms. The Labute approximate surface area is 114 Å². The van der Waals surface area contributed by atoms with Crippen LogP contribution in [0.15, 0.2) is 18.3 Å². The first kappa shape index (κ1) is 13.7. The summed E-state index contributed by atoms with van der Waals surface area (Å²) in [5.41, 5.74) is 0.950. The minimum absolute atomic E-state index is 0.419. The lowest BCUT2D eigenvalue weighted by atomic mass is 10.1. The van der Waals surface area contributed by atoms with Crippen molar-refractivity contribution in [2.24, 2.45) is 0 Å². The fourth-order valence-electron chi connectivity index (χ4n) is 2.40. The monoisotopic (exact) mass is 266 g/mol. The van der Waals surface area contributed by atoms with Crippen LogP contribution in [0.2, 0.25) is 0 Å². The molecule has 1 aliphatic heterocycles. The molecule has 4 heteroatoms. The Morgan fingerprint density at radius 1 is 1.44 bits per heavy atom. The Hall–Kier alpha value is -0.740. The molecule has 0 saturated carbocycles.